The zero-order chi connectivity index (χ0) is 18.3. The second-order valence-electron chi connectivity index (χ2n) is 6.08. The Bertz CT molecular complexity index is 672. The van der Waals surface area contributed by atoms with Crippen LogP contribution in [0.2, 0.25) is 0 Å². The maximum Gasteiger partial charge on any atom is 0.213 e. The first-order chi connectivity index (χ1) is 11.9. The molecule has 7 nitrogen and oxygen atoms in total. The second-order valence-corrected chi connectivity index (χ2v) is 8.34. The minimum atomic E-state index is -3.09. The molecule has 0 atom stereocenters. The summed E-state index contributed by atoms with van der Waals surface area (Å²) in [6.45, 7) is 6.05. The highest BCUT2D eigenvalue weighted by atomic mass is 127. The van der Waals surface area contributed by atoms with Crippen molar-refractivity contribution in [2.24, 2.45) is 4.99 Å². The Morgan fingerprint density at radius 2 is 1.85 bits per heavy atom. The Morgan fingerprint density at radius 1 is 1.23 bits per heavy atom. The molecule has 1 aliphatic rings. The molecule has 148 valence electrons. The molecular weight excluding hydrogens is 467 g/mol. The van der Waals surface area contributed by atoms with Crippen molar-refractivity contribution in [3.8, 4) is 5.75 Å². The molecule has 0 aliphatic carbocycles. The summed E-state index contributed by atoms with van der Waals surface area (Å²) in [5, 5.41) is 15.9. The van der Waals surface area contributed by atoms with Gasteiger partial charge in [-0.05, 0) is 44.4 Å². The van der Waals surface area contributed by atoms with Crippen molar-refractivity contribution in [2.75, 3.05) is 25.4 Å². The molecule has 1 aromatic carbocycles. The number of guanidine groups is 1. The summed E-state index contributed by atoms with van der Waals surface area (Å²) in [6.07, 6.45) is 1.53. The van der Waals surface area contributed by atoms with Gasteiger partial charge in [0.2, 0.25) is 10.0 Å². The number of hydrogen-bond donors (Lipinski definition) is 3. The van der Waals surface area contributed by atoms with Gasteiger partial charge in [0, 0.05) is 25.7 Å². The van der Waals surface area contributed by atoms with Crippen molar-refractivity contribution in [3.05, 3.63) is 29.8 Å². The molecule has 1 fully saturated rings. The summed E-state index contributed by atoms with van der Waals surface area (Å²) in [6, 6.07) is 7.19. The predicted octanol–water partition coefficient (Wildman–Crippen LogP) is 1.88. The third kappa shape index (κ3) is 6.92. The van der Waals surface area contributed by atoms with Crippen LogP contribution in [0.3, 0.4) is 0 Å². The molecule has 1 saturated heterocycles. The van der Waals surface area contributed by atoms with E-state index in [2.05, 4.69) is 15.6 Å². The molecule has 9 heteroatoms. The van der Waals surface area contributed by atoms with Crippen molar-refractivity contribution >= 4 is 40.0 Å². The van der Waals surface area contributed by atoms with E-state index in [9.17, 15) is 13.5 Å². The monoisotopic (exact) mass is 496 g/mol. The lowest BCUT2D eigenvalue weighted by atomic mass is 10.1. The molecule has 2 rings (SSSR count). The molecular formula is C17H29IN4O3S. The van der Waals surface area contributed by atoms with Crippen LogP contribution in [0.25, 0.3) is 0 Å². The number of halogens is 1. The fourth-order valence-corrected chi connectivity index (χ4v) is 3.88. The van der Waals surface area contributed by atoms with Gasteiger partial charge >= 0.3 is 0 Å². The number of nitrogens with one attached hydrogen (secondary N) is 2. The number of phenolic OH excluding ortho intramolecular Hbond substituents is 1. The SMILES string of the molecule is CCNC(=NCc1ccc(O)cc1)NC1CCN(S(=O)(=O)CC)CC1.I. The highest BCUT2D eigenvalue weighted by molar-refractivity contribution is 14.0. The number of aromatic hydroxyl groups is 1. The minimum Gasteiger partial charge on any atom is -0.508 e. The maximum absolute atomic E-state index is 11.9. The smallest absolute Gasteiger partial charge is 0.213 e. The van der Waals surface area contributed by atoms with Gasteiger partial charge in [0.25, 0.3) is 0 Å². The lowest BCUT2D eigenvalue weighted by Gasteiger charge is -2.32. The van der Waals surface area contributed by atoms with E-state index in [1.54, 1.807) is 23.4 Å². The van der Waals surface area contributed by atoms with Crippen LogP contribution in [0, 0.1) is 0 Å². The molecule has 0 spiro atoms. The number of nitrogens with zero attached hydrogens (tertiary/aromatic N) is 2. The first-order valence-electron chi connectivity index (χ1n) is 8.75. The lowest BCUT2D eigenvalue weighted by Crippen LogP contribution is -2.50. The van der Waals surface area contributed by atoms with Crippen molar-refractivity contribution in [1.29, 1.82) is 0 Å². The van der Waals surface area contributed by atoms with E-state index in [4.69, 9.17) is 0 Å². The second kappa shape index (κ2) is 10.9. The van der Waals surface area contributed by atoms with E-state index in [1.165, 1.54) is 0 Å². The predicted molar refractivity (Wildman–Crippen MR) is 116 cm³/mol. The Morgan fingerprint density at radius 3 is 2.38 bits per heavy atom. The summed E-state index contributed by atoms with van der Waals surface area (Å²) >= 11 is 0. The van der Waals surface area contributed by atoms with E-state index >= 15 is 0 Å². The van der Waals surface area contributed by atoms with Crippen LogP contribution in [-0.4, -0.2) is 55.2 Å². The van der Waals surface area contributed by atoms with Gasteiger partial charge in [-0.25, -0.2) is 17.7 Å². The number of phenols is 1. The lowest BCUT2D eigenvalue weighted by molar-refractivity contribution is 0.306. The number of aliphatic imine (C=N–C) groups is 1. The highest BCUT2D eigenvalue weighted by Crippen LogP contribution is 2.14. The van der Waals surface area contributed by atoms with Gasteiger partial charge in [-0.2, -0.15) is 0 Å². The Labute approximate surface area is 173 Å². The van der Waals surface area contributed by atoms with Crippen LogP contribution < -0.4 is 10.6 Å². The fraction of sp³-hybridized carbons (Fsp3) is 0.588. The Balaban J connectivity index is 0.00000338. The van der Waals surface area contributed by atoms with E-state index in [-0.39, 0.29) is 41.5 Å². The third-order valence-electron chi connectivity index (χ3n) is 4.25. The first-order valence-corrected chi connectivity index (χ1v) is 10.4. The Kier molecular flexibility index (Phi) is 9.66. The van der Waals surface area contributed by atoms with E-state index in [1.807, 2.05) is 19.1 Å². The highest BCUT2D eigenvalue weighted by Gasteiger charge is 2.26. The zero-order valence-corrected chi connectivity index (χ0v) is 18.5. The van der Waals surface area contributed by atoms with Crippen molar-refractivity contribution in [1.82, 2.24) is 14.9 Å². The number of hydrogen-bond acceptors (Lipinski definition) is 4. The normalized spacial score (nSPS) is 16.8. The van der Waals surface area contributed by atoms with Gasteiger partial charge in [0.05, 0.1) is 12.3 Å². The molecule has 0 bridgehead atoms. The summed E-state index contributed by atoms with van der Waals surface area (Å²) in [5.41, 5.74) is 1.01. The number of rotatable bonds is 6. The van der Waals surface area contributed by atoms with Crippen LogP contribution in [0.5, 0.6) is 5.75 Å². The zero-order valence-electron chi connectivity index (χ0n) is 15.3. The molecule has 1 aliphatic heterocycles. The summed E-state index contributed by atoms with van der Waals surface area (Å²) < 4.78 is 25.4. The molecule has 3 N–H and O–H groups in total. The standard InChI is InChI=1S/C17H28N4O3S.HI/c1-3-18-17(19-13-14-5-7-16(22)8-6-14)20-15-9-11-21(12-10-15)25(23,24)4-2;/h5-8,15,22H,3-4,9-13H2,1-2H3,(H2,18,19,20);1H. The van der Waals surface area contributed by atoms with Gasteiger partial charge in [-0.15, -0.1) is 24.0 Å². The van der Waals surface area contributed by atoms with Crippen LogP contribution in [0.15, 0.2) is 29.3 Å². The topological polar surface area (TPSA) is 94.0 Å². The molecule has 1 heterocycles. The number of sulfonamides is 1. The van der Waals surface area contributed by atoms with Gasteiger partial charge in [0.15, 0.2) is 5.96 Å². The van der Waals surface area contributed by atoms with Crippen molar-refractivity contribution in [3.63, 3.8) is 0 Å². The van der Waals surface area contributed by atoms with Crippen LogP contribution in [0.1, 0.15) is 32.3 Å². The van der Waals surface area contributed by atoms with E-state index < -0.39 is 10.0 Å². The van der Waals surface area contributed by atoms with Gasteiger partial charge in [-0.3, -0.25) is 0 Å². The van der Waals surface area contributed by atoms with Gasteiger partial charge in [-0.1, -0.05) is 12.1 Å². The maximum atomic E-state index is 11.9. The largest absolute Gasteiger partial charge is 0.508 e. The van der Waals surface area contributed by atoms with E-state index in [0.717, 1.165) is 30.9 Å². The summed E-state index contributed by atoms with van der Waals surface area (Å²) in [4.78, 5) is 4.57. The molecule has 26 heavy (non-hydrogen) atoms. The molecule has 0 saturated carbocycles. The molecule has 0 radical (unpaired) electrons. The average Bonchev–Trinajstić information content (AvgIpc) is 2.61. The van der Waals surface area contributed by atoms with Crippen LogP contribution in [0.4, 0.5) is 0 Å². The van der Waals surface area contributed by atoms with Gasteiger partial charge in [0.1, 0.15) is 5.75 Å². The quantitative estimate of drug-likeness (QED) is 0.318. The first kappa shape index (κ1) is 23.0. The summed E-state index contributed by atoms with van der Waals surface area (Å²) in [5.74, 6) is 1.13. The van der Waals surface area contributed by atoms with Crippen molar-refractivity contribution in [2.45, 2.75) is 39.3 Å². The molecule has 0 unspecified atom stereocenters. The number of piperidine rings is 1. The van der Waals surface area contributed by atoms with E-state index in [0.29, 0.717) is 19.6 Å². The Hall–Kier alpha value is -1.07. The number of benzene rings is 1. The fourth-order valence-electron chi connectivity index (χ4n) is 2.75. The molecule has 0 amide bonds. The molecule has 1 aromatic rings. The van der Waals surface area contributed by atoms with Gasteiger partial charge < -0.3 is 15.7 Å². The third-order valence-corrected chi connectivity index (χ3v) is 6.13. The van der Waals surface area contributed by atoms with Crippen molar-refractivity contribution < 1.29 is 13.5 Å². The van der Waals surface area contributed by atoms with Crippen LogP contribution >= 0.6 is 24.0 Å². The average molecular weight is 496 g/mol. The molecule has 0 aromatic heterocycles. The minimum absolute atomic E-state index is 0. The van der Waals surface area contributed by atoms with Crippen LogP contribution in [-0.2, 0) is 16.6 Å². The summed E-state index contributed by atoms with van der Waals surface area (Å²) in [7, 11) is -3.09.